The Morgan fingerprint density at radius 1 is 1.08 bits per heavy atom. The number of amides is 1. The number of hydrogen-bond acceptors (Lipinski definition) is 4. The van der Waals surface area contributed by atoms with Gasteiger partial charge in [-0.25, -0.2) is 17.2 Å². The maximum atomic E-state index is 13.5. The van der Waals surface area contributed by atoms with Gasteiger partial charge in [-0.1, -0.05) is 6.07 Å². The lowest BCUT2D eigenvalue weighted by Gasteiger charge is -2.11. The van der Waals surface area contributed by atoms with Crippen LogP contribution in [0.3, 0.4) is 0 Å². The third kappa shape index (κ3) is 4.97. The molecule has 2 rings (SSSR count). The Labute approximate surface area is 143 Å². The van der Waals surface area contributed by atoms with Crippen LogP contribution in [0.1, 0.15) is 11.1 Å². The van der Waals surface area contributed by atoms with E-state index in [9.17, 15) is 22.0 Å². The van der Waals surface area contributed by atoms with Crippen molar-refractivity contribution in [3.8, 4) is 5.75 Å². The third-order valence-electron chi connectivity index (χ3n) is 3.36. The van der Waals surface area contributed by atoms with Gasteiger partial charge in [0.1, 0.15) is 22.3 Å². The molecule has 0 aliphatic heterocycles. The van der Waals surface area contributed by atoms with E-state index in [-0.39, 0.29) is 0 Å². The van der Waals surface area contributed by atoms with Crippen LogP contribution in [0.4, 0.5) is 8.78 Å². The monoisotopic (exact) mass is 370 g/mol. The van der Waals surface area contributed by atoms with E-state index in [4.69, 9.17) is 4.74 Å². The Balaban J connectivity index is 1.93. The molecular formula is C16H16F2N2O4S. The van der Waals surface area contributed by atoms with Gasteiger partial charge >= 0.3 is 0 Å². The highest BCUT2D eigenvalue weighted by Gasteiger charge is 2.20. The van der Waals surface area contributed by atoms with Gasteiger partial charge in [-0.15, -0.1) is 4.83 Å². The first kappa shape index (κ1) is 18.8. The zero-order valence-electron chi connectivity index (χ0n) is 13.5. The van der Waals surface area contributed by atoms with Crippen LogP contribution in [0.15, 0.2) is 41.3 Å². The van der Waals surface area contributed by atoms with E-state index in [2.05, 4.69) is 0 Å². The molecule has 0 saturated heterocycles. The smallest absolute Gasteiger partial charge is 0.272 e. The molecule has 0 unspecified atom stereocenters. The molecule has 25 heavy (non-hydrogen) atoms. The Morgan fingerprint density at radius 2 is 1.80 bits per heavy atom. The highest BCUT2D eigenvalue weighted by atomic mass is 32.2. The fourth-order valence-corrected chi connectivity index (χ4v) is 2.78. The summed E-state index contributed by atoms with van der Waals surface area (Å²) in [7, 11) is -4.38. The molecule has 0 aliphatic rings. The molecule has 0 aromatic heterocycles. The van der Waals surface area contributed by atoms with Crippen LogP contribution in [-0.4, -0.2) is 20.9 Å². The first-order chi connectivity index (χ1) is 11.7. The fraction of sp³-hybridized carbons (Fsp3) is 0.188. The Hall–Kier alpha value is -2.52. The van der Waals surface area contributed by atoms with Crippen molar-refractivity contribution in [3.63, 3.8) is 0 Å². The average Bonchev–Trinajstić information content (AvgIpc) is 2.54. The third-order valence-corrected chi connectivity index (χ3v) is 4.64. The summed E-state index contributed by atoms with van der Waals surface area (Å²) < 4.78 is 55.4. The molecule has 2 aromatic carbocycles. The molecule has 1 amide bonds. The van der Waals surface area contributed by atoms with E-state index in [1.807, 2.05) is 25.3 Å². The highest BCUT2D eigenvalue weighted by molar-refractivity contribution is 7.89. The van der Waals surface area contributed by atoms with Crippen LogP contribution in [0.25, 0.3) is 0 Å². The number of benzene rings is 2. The molecule has 6 nitrogen and oxygen atoms in total. The molecule has 0 fully saturated rings. The molecule has 9 heteroatoms. The SMILES string of the molecule is Cc1ccc(OCC(=O)NNS(=O)(=O)c2ccc(F)cc2F)cc1C. The number of aryl methyl sites for hydroxylation is 2. The molecule has 0 saturated carbocycles. The second-order valence-corrected chi connectivity index (χ2v) is 6.91. The first-order valence-electron chi connectivity index (χ1n) is 7.15. The summed E-state index contributed by atoms with van der Waals surface area (Å²) in [6, 6.07) is 7.21. The van der Waals surface area contributed by atoms with Gasteiger partial charge in [0.15, 0.2) is 6.61 Å². The van der Waals surface area contributed by atoms with Crippen LogP contribution in [0.2, 0.25) is 0 Å². The summed E-state index contributed by atoms with van der Waals surface area (Å²) in [4.78, 5) is 12.6. The number of rotatable bonds is 6. The van der Waals surface area contributed by atoms with Crippen molar-refractivity contribution < 1.29 is 26.7 Å². The molecule has 0 heterocycles. The maximum Gasteiger partial charge on any atom is 0.272 e. The average molecular weight is 370 g/mol. The van der Waals surface area contributed by atoms with Gasteiger partial charge in [-0.3, -0.25) is 10.2 Å². The Morgan fingerprint density at radius 3 is 2.44 bits per heavy atom. The largest absolute Gasteiger partial charge is 0.484 e. The summed E-state index contributed by atoms with van der Waals surface area (Å²) in [5.41, 5.74) is 3.94. The zero-order chi connectivity index (χ0) is 18.6. The first-order valence-corrected chi connectivity index (χ1v) is 8.63. The van der Waals surface area contributed by atoms with Gasteiger partial charge in [0, 0.05) is 6.07 Å². The lowest BCUT2D eigenvalue weighted by Crippen LogP contribution is -2.44. The minimum absolute atomic E-state index is 0.430. The van der Waals surface area contributed by atoms with E-state index in [0.717, 1.165) is 23.3 Å². The van der Waals surface area contributed by atoms with Gasteiger partial charge in [0.25, 0.3) is 15.9 Å². The summed E-state index contributed by atoms with van der Waals surface area (Å²) in [6.45, 7) is 3.36. The standard InChI is InChI=1S/C16H16F2N2O4S/c1-10-3-5-13(7-11(10)2)24-9-16(21)19-20-25(22,23)15-6-4-12(17)8-14(15)18/h3-8,20H,9H2,1-2H3,(H,19,21). The second-order valence-electron chi connectivity index (χ2n) is 5.26. The van der Waals surface area contributed by atoms with Crippen molar-refractivity contribution in [1.29, 1.82) is 0 Å². The van der Waals surface area contributed by atoms with Gasteiger partial charge in [-0.2, -0.15) is 0 Å². The minimum atomic E-state index is -4.38. The van der Waals surface area contributed by atoms with Crippen molar-refractivity contribution in [2.75, 3.05) is 6.61 Å². The fourth-order valence-electron chi connectivity index (χ4n) is 1.86. The predicted octanol–water partition coefficient (Wildman–Crippen LogP) is 1.97. The number of halogens is 2. The normalized spacial score (nSPS) is 11.2. The van der Waals surface area contributed by atoms with Crippen LogP contribution in [-0.2, 0) is 14.8 Å². The lowest BCUT2D eigenvalue weighted by molar-refractivity contribution is -0.123. The van der Waals surface area contributed by atoms with Crippen molar-refractivity contribution >= 4 is 15.9 Å². The molecule has 0 spiro atoms. The van der Waals surface area contributed by atoms with Gasteiger partial charge in [0.2, 0.25) is 0 Å². The van der Waals surface area contributed by atoms with Crippen molar-refractivity contribution in [2.45, 2.75) is 18.7 Å². The summed E-state index contributed by atoms with van der Waals surface area (Å²) in [6.07, 6.45) is 0. The summed E-state index contributed by atoms with van der Waals surface area (Å²) in [5.74, 6) is -2.52. The summed E-state index contributed by atoms with van der Waals surface area (Å²) >= 11 is 0. The van der Waals surface area contributed by atoms with E-state index < -0.39 is 39.1 Å². The zero-order valence-corrected chi connectivity index (χ0v) is 14.3. The van der Waals surface area contributed by atoms with Crippen LogP contribution >= 0.6 is 0 Å². The number of ether oxygens (including phenoxy) is 1. The molecular weight excluding hydrogens is 354 g/mol. The van der Waals surface area contributed by atoms with Gasteiger partial charge < -0.3 is 4.74 Å². The van der Waals surface area contributed by atoms with E-state index in [1.165, 1.54) is 0 Å². The molecule has 134 valence electrons. The number of hydrogen-bond donors (Lipinski definition) is 2. The topological polar surface area (TPSA) is 84.5 Å². The number of sulfonamides is 1. The van der Waals surface area contributed by atoms with Crippen LogP contribution in [0, 0.1) is 25.5 Å². The predicted molar refractivity (Wildman–Crippen MR) is 86.2 cm³/mol. The van der Waals surface area contributed by atoms with Crippen molar-refractivity contribution in [1.82, 2.24) is 10.3 Å². The number of carbonyl (C=O) groups excluding carboxylic acids is 1. The maximum absolute atomic E-state index is 13.5. The van der Waals surface area contributed by atoms with Gasteiger partial charge in [-0.05, 0) is 49.2 Å². The summed E-state index contributed by atoms with van der Waals surface area (Å²) in [5, 5.41) is 0. The second kappa shape index (κ2) is 7.58. The van der Waals surface area contributed by atoms with Crippen molar-refractivity contribution in [2.24, 2.45) is 0 Å². The van der Waals surface area contributed by atoms with Gasteiger partial charge in [0.05, 0.1) is 0 Å². The molecule has 2 aromatic rings. The Bertz CT molecular complexity index is 901. The highest BCUT2D eigenvalue weighted by Crippen LogP contribution is 2.16. The number of hydrazine groups is 1. The minimum Gasteiger partial charge on any atom is -0.484 e. The molecule has 0 aliphatic carbocycles. The van der Waals surface area contributed by atoms with Crippen LogP contribution in [0.5, 0.6) is 5.75 Å². The van der Waals surface area contributed by atoms with Crippen LogP contribution < -0.4 is 15.0 Å². The Kier molecular flexibility index (Phi) is 5.70. The number of carbonyl (C=O) groups is 1. The number of nitrogens with one attached hydrogen (secondary N) is 2. The lowest BCUT2D eigenvalue weighted by atomic mass is 10.1. The molecule has 0 atom stereocenters. The van der Waals surface area contributed by atoms with E-state index in [0.29, 0.717) is 11.8 Å². The van der Waals surface area contributed by atoms with Crippen molar-refractivity contribution in [3.05, 3.63) is 59.2 Å². The molecule has 0 radical (unpaired) electrons. The molecule has 0 bridgehead atoms. The quantitative estimate of drug-likeness (QED) is 0.762. The molecule has 2 N–H and O–H groups in total. The van der Waals surface area contributed by atoms with E-state index in [1.54, 1.807) is 17.0 Å². The van der Waals surface area contributed by atoms with E-state index >= 15 is 0 Å².